The first-order valence-corrected chi connectivity index (χ1v) is 13.5. The van der Waals surface area contributed by atoms with E-state index >= 15 is 0 Å². The molecule has 0 aliphatic carbocycles. The second-order valence-electron chi connectivity index (χ2n) is 9.86. The Balaban J connectivity index is 1.54. The number of benzene rings is 2. The zero-order valence-corrected chi connectivity index (χ0v) is 22.5. The van der Waals surface area contributed by atoms with Crippen molar-refractivity contribution in [1.82, 2.24) is 14.9 Å². The number of thiophene rings is 1. The maximum Gasteiger partial charge on any atom is 0.259 e. The number of carbonyl (C=O) groups excluding carboxylic acids is 1. The van der Waals surface area contributed by atoms with Crippen LogP contribution in [0.15, 0.2) is 48.7 Å². The summed E-state index contributed by atoms with van der Waals surface area (Å²) < 4.78 is 6.90. The second kappa shape index (κ2) is 10.8. The lowest BCUT2D eigenvalue weighted by atomic mass is 9.89. The van der Waals surface area contributed by atoms with Gasteiger partial charge in [-0.3, -0.25) is 4.79 Å². The molecule has 1 aliphatic rings. The van der Waals surface area contributed by atoms with E-state index in [-0.39, 0.29) is 6.10 Å². The van der Waals surface area contributed by atoms with Crippen molar-refractivity contribution in [2.75, 3.05) is 25.5 Å². The van der Waals surface area contributed by atoms with Gasteiger partial charge in [-0.05, 0) is 76.5 Å². The van der Waals surface area contributed by atoms with Gasteiger partial charge in [0.1, 0.15) is 10.6 Å². The van der Waals surface area contributed by atoms with Crippen molar-refractivity contribution in [2.24, 2.45) is 5.73 Å². The smallest absolute Gasteiger partial charge is 0.259 e. The predicted molar refractivity (Wildman–Crippen MR) is 151 cm³/mol. The van der Waals surface area contributed by atoms with Crippen LogP contribution in [0.2, 0.25) is 0 Å². The zero-order valence-electron chi connectivity index (χ0n) is 21.7. The summed E-state index contributed by atoms with van der Waals surface area (Å²) in [6.45, 7) is 6.18. The van der Waals surface area contributed by atoms with Crippen molar-refractivity contribution in [2.45, 2.75) is 38.7 Å². The number of hydrogen-bond donors (Lipinski definition) is 2. The van der Waals surface area contributed by atoms with E-state index in [1.165, 1.54) is 16.9 Å². The Labute approximate surface area is 226 Å². The molecule has 2 aromatic carbocycles. The van der Waals surface area contributed by atoms with Gasteiger partial charge in [0.05, 0.1) is 39.8 Å². The molecule has 5 rings (SSSR count). The summed E-state index contributed by atoms with van der Waals surface area (Å²) in [4.78, 5) is 24.3. The maximum absolute atomic E-state index is 12.3. The van der Waals surface area contributed by atoms with Crippen LogP contribution in [0.1, 0.15) is 53.4 Å². The molecular weight excluding hydrogens is 496 g/mol. The number of nitrogens with one attached hydrogen (secondary N) is 1. The summed E-state index contributed by atoms with van der Waals surface area (Å²) >= 11 is 1.23. The molecule has 0 spiro atoms. The van der Waals surface area contributed by atoms with Crippen molar-refractivity contribution in [3.8, 4) is 22.9 Å². The molecule has 0 atom stereocenters. The Hall–Kier alpha value is -4.00. The van der Waals surface area contributed by atoms with Crippen LogP contribution in [0, 0.1) is 11.3 Å². The number of aromatic nitrogens is 2. The van der Waals surface area contributed by atoms with Crippen molar-refractivity contribution >= 4 is 39.1 Å². The molecular formula is C29H30N6O2S. The molecule has 2 aromatic heterocycles. The minimum Gasteiger partial charge on any atom is -0.489 e. The van der Waals surface area contributed by atoms with E-state index in [4.69, 9.17) is 15.5 Å². The highest BCUT2D eigenvalue weighted by atomic mass is 32.1. The average Bonchev–Trinajstić information content (AvgIpc) is 3.29. The highest BCUT2D eigenvalue weighted by Crippen LogP contribution is 2.40. The Morgan fingerprint density at radius 2 is 2.00 bits per heavy atom. The molecule has 1 fully saturated rings. The number of ether oxygens (including phenoxy) is 1. The standard InChI is InChI=1S/C29H30N6O2S/c1-17(2)37-23-14-19(18-10-12-35(3)13-11-18)8-9-22(23)33-29-32-16-24-26(34-29)25(27(38-24)28(31)36)21-7-5-4-6-20(21)15-30/h4-9,14,16-18H,10-13H2,1-3H3,(H2,31,36)(H,32,33,34). The summed E-state index contributed by atoms with van der Waals surface area (Å²) in [7, 11) is 2.16. The Bertz CT molecular complexity index is 1530. The Kier molecular flexibility index (Phi) is 7.27. The Morgan fingerprint density at radius 1 is 1.24 bits per heavy atom. The third-order valence-corrected chi connectivity index (χ3v) is 7.90. The summed E-state index contributed by atoms with van der Waals surface area (Å²) in [6.07, 6.45) is 3.92. The van der Waals surface area contributed by atoms with Crippen molar-refractivity contribution in [3.05, 3.63) is 64.7 Å². The normalized spacial score (nSPS) is 14.5. The lowest BCUT2D eigenvalue weighted by molar-refractivity contribution is 0.100. The fourth-order valence-corrected chi connectivity index (χ4v) is 5.86. The maximum atomic E-state index is 12.3. The number of hydrogen-bond acceptors (Lipinski definition) is 8. The molecule has 1 amide bonds. The number of piperidine rings is 1. The molecule has 4 aromatic rings. The fraction of sp³-hybridized carbons (Fsp3) is 0.310. The highest BCUT2D eigenvalue weighted by molar-refractivity contribution is 7.21. The van der Waals surface area contributed by atoms with Crippen LogP contribution in [-0.4, -0.2) is 47.0 Å². The molecule has 194 valence electrons. The number of primary amides is 1. The molecule has 38 heavy (non-hydrogen) atoms. The fourth-order valence-electron chi connectivity index (χ4n) is 4.89. The minimum absolute atomic E-state index is 0.00391. The number of carbonyl (C=O) groups is 1. The van der Waals surface area contributed by atoms with E-state index in [2.05, 4.69) is 40.5 Å². The van der Waals surface area contributed by atoms with E-state index < -0.39 is 5.91 Å². The van der Waals surface area contributed by atoms with Gasteiger partial charge in [-0.1, -0.05) is 24.3 Å². The SMILES string of the molecule is CC(C)Oc1cc(C2CCN(C)CC2)ccc1Nc1ncc2sc(C(N)=O)c(-c3ccccc3C#N)c2n1. The van der Waals surface area contributed by atoms with Gasteiger partial charge >= 0.3 is 0 Å². The van der Waals surface area contributed by atoms with Crippen LogP contribution in [0.5, 0.6) is 5.75 Å². The molecule has 1 saturated heterocycles. The van der Waals surface area contributed by atoms with Crippen LogP contribution in [0.4, 0.5) is 11.6 Å². The first-order chi connectivity index (χ1) is 18.3. The number of nitrogens with zero attached hydrogens (tertiary/aromatic N) is 4. The molecule has 0 bridgehead atoms. The number of nitrogens with two attached hydrogens (primary N) is 1. The van der Waals surface area contributed by atoms with Crippen LogP contribution >= 0.6 is 11.3 Å². The van der Waals surface area contributed by atoms with Crippen LogP contribution < -0.4 is 15.8 Å². The summed E-state index contributed by atoms with van der Waals surface area (Å²) in [5.74, 6) is 1.05. The number of amides is 1. The van der Waals surface area contributed by atoms with Gasteiger partial charge in [-0.2, -0.15) is 5.26 Å². The van der Waals surface area contributed by atoms with E-state index in [1.54, 1.807) is 24.4 Å². The number of anilines is 2. The number of nitriles is 1. The molecule has 3 N–H and O–H groups in total. The van der Waals surface area contributed by atoms with E-state index in [0.29, 0.717) is 43.7 Å². The second-order valence-corrected chi connectivity index (χ2v) is 10.9. The number of likely N-dealkylation sites (tertiary alicyclic amines) is 1. The van der Waals surface area contributed by atoms with Gasteiger partial charge in [0.2, 0.25) is 5.95 Å². The van der Waals surface area contributed by atoms with Gasteiger partial charge in [-0.15, -0.1) is 11.3 Å². The third-order valence-electron chi connectivity index (χ3n) is 6.78. The topological polar surface area (TPSA) is 117 Å². The zero-order chi connectivity index (χ0) is 26.8. The first-order valence-electron chi connectivity index (χ1n) is 12.7. The monoisotopic (exact) mass is 526 g/mol. The molecule has 9 heteroatoms. The molecule has 0 unspecified atom stereocenters. The predicted octanol–water partition coefficient (Wildman–Crippen LogP) is 5.67. The molecule has 0 radical (unpaired) electrons. The third kappa shape index (κ3) is 5.19. The average molecular weight is 527 g/mol. The van der Waals surface area contributed by atoms with Gasteiger partial charge in [-0.25, -0.2) is 9.97 Å². The molecule has 0 saturated carbocycles. The highest BCUT2D eigenvalue weighted by Gasteiger charge is 2.23. The van der Waals surface area contributed by atoms with Gasteiger partial charge in [0.25, 0.3) is 5.91 Å². The van der Waals surface area contributed by atoms with Gasteiger partial charge < -0.3 is 20.7 Å². The molecule has 1 aliphatic heterocycles. The van der Waals surface area contributed by atoms with Crippen LogP contribution in [0.25, 0.3) is 21.3 Å². The number of fused-ring (bicyclic) bond motifs is 1. The lowest BCUT2D eigenvalue weighted by Gasteiger charge is -2.29. The van der Waals surface area contributed by atoms with Crippen LogP contribution in [-0.2, 0) is 0 Å². The molecule has 3 heterocycles. The van der Waals surface area contributed by atoms with E-state index in [9.17, 15) is 10.1 Å². The van der Waals surface area contributed by atoms with Gasteiger partial charge in [0, 0.05) is 11.1 Å². The van der Waals surface area contributed by atoms with Gasteiger partial charge in [0.15, 0.2) is 0 Å². The summed E-state index contributed by atoms with van der Waals surface area (Å²) in [5.41, 5.74) is 9.94. The number of rotatable bonds is 7. The first kappa shape index (κ1) is 25.6. The molecule has 8 nitrogen and oxygen atoms in total. The quantitative estimate of drug-likeness (QED) is 0.319. The van der Waals surface area contributed by atoms with Crippen molar-refractivity contribution in [1.29, 1.82) is 5.26 Å². The van der Waals surface area contributed by atoms with Crippen molar-refractivity contribution in [3.63, 3.8) is 0 Å². The van der Waals surface area contributed by atoms with E-state index in [1.807, 2.05) is 26.0 Å². The lowest BCUT2D eigenvalue weighted by Crippen LogP contribution is -2.29. The van der Waals surface area contributed by atoms with Crippen LogP contribution in [0.3, 0.4) is 0 Å². The minimum atomic E-state index is -0.567. The summed E-state index contributed by atoms with van der Waals surface area (Å²) in [6, 6.07) is 15.6. The summed E-state index contributed by atoms with van der Waals surface area (Å²) in [5, 5.41) is 13.0. The Morgan fingerprint density at radius 3 is 2.71 bits per heavy atom. The van der Waals surface area contributed by atoms with Crippen molar-refractivity contribution < 1.29 is 9.53 Å². The van der Waals surface area contributed by atoms with E-state index in [0.717, 1.165) is 37.4 Å². The largest absolute Gasteiger partial charge is 0.489 e.